The molecule has 0 unspecified atom stereocenters. The molecule has 26 heavy (non-hydrogen) atoms. The van der Waals surface area contributed by atoms with Crippen molar-refractivity contribution >= 4 is 28.5 Å². The number of benzene rings is 1. The number of pyridine rings is 1. The van der Waals surface area contributed by atoms with Crippen molar-refractivity contribution in [3.63, 3.8) is 0 Å². The molecule has 0 N–H and O–H groups in total. The second kappa shape index (κ2) is 7.47. The zero-order chi connectivity index (χ0) is 18.7. The number of aromatic nitrogens is 3. The standard InChI is InChI=1S/C20H22N4O2/c1-4-18-22-16-13-15(8-9-17(16)23(18)3)20(26)24(12-10-14(2)25)19-7-5-6-11-21-19/h5-9,11,13H,4,10,12H2,1-3H3. The third-order valence-corrected chi connectivity index (χ3v) is 4.40. The highest BCUT2D eigenvalue weighted by atomic mass is 16.2. The minimum Gasteiger partial charge on any atom is -0.331 e. The molecule has 0 saturated heterocycles. The monoisotopic (exact) mass is 350 g/mol. The second-order valence-electron chi connectivity index (χ2n) is 6.24. The molecule has 3 aromatic rings. The molecule has 2 heterocycles. The Labute approximate surface area is 152 Å². The molecule has 0 fully saturated rings. The molecule has 2 aromatic heterocycles. The fraction of sp³-hybridized carbons (Fsp3) is 0.300. The normalized spacial score (nSPS) is 10.9. The number of carbonyl (C=O) groups excluding carboxylic acids is 2. The van der Waals surface area contributed by atoms with Crippen LogP contribution in [0.4, 0.5) is 5.82 Å². The molecule has 1 aromatic carbocycles. The van der Waals surface area contributed by atoms with Crippen LogP contribution in [0.25, 0.3) is 11.0 Å². The quantitative estimate of drug-likeness (QED) is 0.685. The summed E-state index contributed by atoms with van der Waals surface area (Å²) in [5.41, 5.74) is 2.32. The Hall–Kier alpha value is -3.02. The Balaban J connectivity index is 1.97. The topological polar surface area (TPSA) is 68.1 Å². The van der Waals surface area contributed by atoms with Crippen LogP contribution in [0.15, 0.2) is 42.6 Å². The first kappa shape index (κ1) is 17.8. The number of imidazole rings is 1. The van der Waals surface area contributed by atoms with Gasteiger partial charge in [0.05, 0.1) is 11.0 Å². The van der Waals surface area contributed by atoms with E-state index in [1.165, 1.54) is 6.92 Å². The van der Waals surface area contributed by atoms with Crippen molar-refractivity contribution in [2.24, 2.45) is 7.05 Å². The third kappa shape index (κ3) is 3.49. The van der Waals surface area contributed by atoms with Gasteiger partial charge >= 0.3 is 0 Å². The fourth-order valence-corrected chi connectivity index (χ4v) is 2.96. The number of nitrogens with zero attached hydrogens (tertiary/aromatic N) is 4. The fourth-order valence-electron chi connectivity index (χ4n) is 2.96. The Kier molecular flexibility index (Phi) is 5.11. The van der Waals surface area contributed by atoms with E-state index >= 15 is 0 Å². The minimum atomic E-state index is -0.185. The molecular weight excluding hydrogens is 328 g/mol. The number of carbonyl (C=O) groups is 2. The molecule has 134 valence electrons. The van der Waals surface area contributed by atoms with Crippen LogP contribution in [0.3, 0.4) is 0 Å². The molecule has 0 atom stereocenters. The van der Waals surface area contributed by atoms with E-state index in [-0.39, 0.29) is 18.1 Å². The predicted octanol–water partition coefficient (Wildman–Crippen LogP) is 3.16. The first-order valence-corrected chi connectivity index (χ1v) is 8.69. The first-order chi connectivity index (χ1) is 12.5. The Bertz CT molecular complexity index is 947. The highest BCUT2D eigenvalue weighted by Crippen LogP contribution is 2.20. The molecule has 0 aliphatic heterocycles. The average molecular weight is 350 g/mol. The van der Waals surface area contributed by atoms with Crippen LogP contribution < -0.4 is 4.90 Å². The van der Waals surface area contributed by atoms with Crippen LogP contribution in [-0.4, -0.2) is 32.8 Å². The molecule has 6 nitrogen and oxygen atoms in total. The van der Waals surface area contributed by atoms with Gasteiger partial charge in [-0.3, -0.25) is 14.5 Å². The minimum absolute atomic E-state index is 0.0338. The summed E-state index contributed by atoms with van der Waals surface area (Å²) in [4.78, 5) is 34.9. The average Bonchev–Trinajstić information content (AvgIpc) is 2.97. The summed E-state index contributed by atoms with van der Waals surface area (Å²) in [6.07, 6.45) is 2.75. The van der Waals surface area contributed by atoms with Crippen molar-refractivity contribution < 1.29 is 9.59 Å². The Morgan fingerprint density at radius 1 is 1.19 bits per heavy atom. The van der Waals surface area contributed by atoms with E-state index in [9.17, 15) is 9.59 Å². The summed E-state index contributed by atoms with van der Waals surface area (Å²) in [5.74, 6) is 1.36. The van der Waals surface area contributed by atoms with Gasteiger partial charge in [0.2, 0.25) is 0 Å². The number of hydrogen-bond donors (Lipinski definition) is 0. The third-order valence-electron chi connectivity index (χ3n) is 4.40. The van der Waals surface area contributed by atoms with Gasteiger partial charge in [0.25, 0.3) is 5.91 Å². The lowest BCUT2D eigenvalue weighted by Gasteiger charge is -2.21. The van der Waals surface area contributed by atoms with Gasteiger partial charge in [0.1, 0.15) is 17.4 Å². The number of hydrogen-bond acceptors (Lipinski definition) is 4. The summed E-state index contributed by atoms with van der Waals surface area (Å²) in [6, 6.07) is 10.9. The molecule has 1 amide bonds. The number of aryl methyl sites for hydroxylation is 2. The summed E-state index contributed by atoms with van der Waals surface area (Å²) >= 11 is 0. The SMILES string of the molecule is CCc1nc2cc(C(=O)N(CCC(C)=O)c3ccccn3)ccc2n1C. The molecular formula is C20H22N4O2. The second-order valence-corrected chi connectivity index (χ2v) is 6.24. The zero-order valence-corrected chi connectivity index (χ0v) is 15.3. The number of anilines is 1. The van der Waals surface area contributed by atoms with E-state index < -0.39 is 0 Å². The van der Waals surface area contributed by atoms with Crippen LogP contribution in [0.5, 0.6) is 0 Å². The maximum Gasteiger partial charge on any atom is 0.259 e. The first-order valence-electron chi connectivity index (χ1n) is 8.69. The van der Waals surface area contributed by atoms with Gasteiger partial charge in [-0.25, -0.2) is 9.97 Å². The van der Waals surface area contributed by atoms with Crippen molar-refractivity contribution in [3.8, 4) is 0 Å². The van der Waals surface area contributed by atoms with E-state index in [1.54, 1.807) is 35.4 Å². The Morgan fingerprint density at radius 2 is 2.00 bits per heavy atom. The maximum absolute atomic E-state index is 13.1. The number of rotatable bonds is 6. The molecule has 3 rings (SSSR count). The summed E-state index contributed by atoms with van der Waals surface area (Å²) in [5, 5.41) is 0. The van der Waals surface area contributed by atoms with Gasteiger partial charge in [0.15, 0.2) is 0 Å². The number of Topliss-reactive ketones (excluding diaryl/α,β-unsaturated/α-hetero) is 1. The van der Waals surface area contributed by atoms with Crippen molar-refractivity contribution in [1.82, 2.24) is 14.5 Å². The predicted molar refractivity (Wildman–Crippen MR) is 101 cm³/mol. The van der Waals surface area contributed by atoms with E-state index in [0.29, 0.717) is 17.9 Å². The lowest BCUT2D eigenvalue weighted by Crippen LogP contribution is -2.33. The molecule has 6 heteroatoms. The lowest BCUT2D eigenvalue weighted by atomic mass is 10.1. The number of amides is 1. The van der Waals surface area contributed by atoms with E-state index in [0.717, 1.165) is 23.3 Å². The molecule has 0 aliphatic carbocycles. The van der Waals surface area contributed by atoms with Crippen LogP contribution in [0, 0.1) is 0 Å². The van der Waals surface area contributed by atoms with Gasteiger partial charge in [-0.2, -0.15) is 0 Å². The lowest BCUT2D eigenvalue weighted by molar-refractivity contribution is -0.116. The van der Waals surface area contributed by atoms with Gasteiger partial charge in [-0.05, 0) is 37.3 Å². The van der Waals surface area contributed by atoms with Crippen LogP contribution in [-0.2, 0) is 18.3 Å². The Morgan fingerprint density at radius 3 is 2.65 bits per heavy atom. The van der Waals surface area contributed by atoms with Gasteiger partial charge < -0.3 is 4.57 Å². The molecule has 0 aliphatic rings. The highest BCUT2D eigenvalue weighted by molar-refractivity contribution is 6.07. The molecule has 0 spiro atoms. The van der Waals surface area contributed by atoms with E-state index in [2.05, 4.69) is 16.9 Å². The maximum atomic E-state index is 13.1. The number of ketones is 1. The van der Waals surface area contributed by atoms with Crippen LogP contribution in [0.1, 0.15) is 36.5 Å². The van der Waals surface area contributed by atoms with Gasteiger partial charge in [0, 0.05) is 38.2 Å². The van der Waals surface area contributed by atoms with Crippen LogP contribution >= 0.6 is 0 Å². The van der Waals surface area contributed by atoms with Gasteiger partial charge in [-0.15, -0.1) is 0 Å². The van der Waals surface area contributed by atoms with Crippen molar-refractivity contribution in [2.45, 2.75) is 26.7 Å². The van der Waals surface area contributed by atoms with Crippen molar-refractivity contribution in [2.75, 3.05) is 11.4 Å². The zero-order valence-electron chi connectivity index (χ0n) is 15.3. The van der Waals surface area contributed by atoms with Gasteiger partial charge in [-0.1, -0.05) is 13.0 Å². The smallest absolute Gasteiger partial charge is 0.259 e. The van der Waals surface area contributed by atoms with Crippen LogP contribution in [0.2, 0.25) is 0 Å². The summed E-state index contributed by atoms with van der Waals surface area (Å²) in [6.45, 7) is 3.87. The van der Waals surface area contributed by atoms with E-state index in [4.69, 9.17) is 0 Å². The largest absolute Gasteiger partial charge is 0.331 e. The molecule has 0 saturated carbocycles. The molecule has 0 bridgehead atoms. The molecule has 0 radical (unpaired) electrons. The number of fused-ring (bicyclic) bond motifs is 1. The highest BCUT2D eigenvalue weighted by Gasteiger charge is 2.20. The summed E-state index contributed by atoms with van der Waals surface area (Å²) in [7, 11) is 1.97. The van der Waals surface area contributed by atoms with Crippen molar-refractivity contribution in [3.05, 3.63) is 54.0 Å². The van der Waals surface area contributed by atoms with E-state index in [1.807, 2.05) is 23.7 Å². The van der Waals surface area contributed by atoms with Crippen molar-refractivity contribution in [1.29, 1.82) is 0 Å². The summed E-state index contributed by atoms with van der Waals surface area (Å²) < 4.78 is 2.04.